The Bertz CT molecular complexity index is 566. The third kappa shape index (κ3) is 2.85. The van der Waals surface area contributed by atoms with Crippen LogP contribution in [-0.4, -0.2) is 15.9 Å². The monoisotopic (exact) mass is 370 g/mol. The molecular weight excluding hydrogens is 364 g/mol. The Hall–Kier alpha value is -1.47. The van der Waals surface area contributed by atoms with Crippen molar-refractivity contribution in [2.45, 2.75) is 0 Å². The van der Waals surface area contributed by atoms with Crippen molar-refractivity contribution in [3.63, 3.8) is 0 Å². The maximum absolute atomic E-state index is 11.9. The molecule has 0 saturated carbocycles. The van der Waals surface area contributed by atoms with Crippen LogP contribution in [-0.2, 0) is 0 Å². The van der Waals surface area contributed by atoms with Crippen LogP contribution >= 0.6 is 31.9 Å². The van der Waals surface area contributed by atoms with Gasteiger partial charge >= 0.3 is 0 Å². The van der Waals surface area contributed by atoms with Crippen LogP contribution in [0.1, 0.15) is 10.5 Å². The summed E-state index contributed by atoms with van der Waals surface area (Å²) in [6.07, 6.45) is 2.67. The zero-order chi connectivity index (χ0) is 13.1. The summed E-state index contributed by atoms with van der Waals surface area (Å²) in [4.78, 5) is 19.7. The molecule has 0 atom stereocenters. The highest BCUT2D eigenvalue weighted by molar-refractivity contribution is 9.11. The molecule has 0 aliphatic heterocycles. The van der Waals surface area contributed by atoms with Gasteiger partial charge in [0.1, 0.15) is 11.5 Å². The Balaban J connectivity index is 2.24. The lowest BCUT2D eigenvalue weighted by Crippen LogP contribution is -2.15. The largest absolute Gasteiger partial charge is 0.382 e. The number of amides is 1. The van der Waals surface area contributed by atoms with Gasteiger partial charge in [0.2, 0.25) is 0 Å². The lowest BCUT2D eigenvalue weighted by atomic mass is 10.3. The molecule has 18 heavy (non-hydrogen) atoms. The van der Waals surface area contributed by atoms with E-state index in [0.29, 0.717) is 5.69 Å². The zero-order valence-corrected chi connectivity index (χ0v) is 12.2. The van der Waals surface area contributed by atoms with Crippen molar-refractivity contribution in [1.29, 1.82) is 0 Å². The number of hydrogen-bond acceptors (Lipinski definition) is 4. The first-order chi connectivity index (χ1) is 8.58. The van der Waals surface area contributed by atoms with Crippen LogP contribution in [0.5, 0.6) is 0 Å². The van der Waals surface area contributed by atoms with Gasteiger partial charge in [0.25, 0.3) is 5.91 Å². The van der Waals surface area contributed by atoms with E-state index in [9.17, 15) is 4.79 Å². The molecule has 0 saturated heterocycles. The van der Waals surface area contributed by atoms with Crippen molar-refractivity contribution < 1.29 is 4.79 Å². The molecule has 1 amide bonds. The molecule has 1 heterocycles. The molecule has 0 radical (unpaired) electrons. The highest BCUT2D eigenvalue weighted by Crippen LogP contribution is 2.30. The molecule has 0 unspecified atom stereocenters. The van der Waals surface area contributed by atoms with Crippen LogP contribution in [0.15, 0.2) is 39.5 Å². The number of halogens is 2. The average molecular weight is 372 g/mol. The van der Waals surface area contributed by atoms with Crippen LogP contribution in [0.25, 0.3) is 0 Å². The van der Waals surface area contributed by atoms with E-state index in [0.717, 1.165) is 8.95 Å². The van der Waals surface area contributed by atoms with Gasteiger partial charge in [-0.05, 0) is 44.0 Å². The van der Waals surface area contributed by atoms with Gasteiger partial charge in [-0.1, -0.05) is 6.07 Å². The van der Waals surface area contributed by atoms with Gasteiger partial charge in [0, 0.05) is 8.95 Å². The third-order valence-electron chi connectivity index (χ3n) is 2.11. The minimum atomic E-state index is -0.352. The molecule has 0 bridgehead atoms. The second-order valence-electron chi connectivity index (χ2n) is 3.38. The highest BCUT2D eigenvalue weighted by atomic mass is 79.9. The van der Waals surface area contributed by atoms with Gasteiger partial charge in [-0.2, -0.15) is 0 Å². The fourth-order valence-electron chi connectivity index (χ4n) is 1.25. The third-order valence-corrected chi connectivity index (χ3v) is 3.43. The molecule has 92 valence electrons. The topological polar surface area (TPSA) is 80.9 Å². The van der Waals surface area contributed by atoms with Gasteiger partial charge in [-0.15, -0.1) is 0 Å². The summed E-state index contributed by atoms with van der Waals surface area (Å²) in [6.45, 7) is 0. The fraction of sp³-hybridized carbons (Fsp3) is 0. The normalized spacial score (nSPS) is 10.1. The Kier molecular flexibility index (Phi) is 3.93. The second kappa shape index (κ2) is 5.45. The minimum Gasteiger partial charge on any atom is -0.382 e. The summed E-state index contributed by atoms with van der Waals surface area (Å²) >= 11 is 6.72. The molecule has 1 aromatic carbocycles. The summed E-state index contributed by atoms with van der Waals surface area (Å²) < 4.78 is 1.54. The van der Waals surface area contributed by atoms with Crippen molar-refractivity contribution in [3.05, 3.63) is 45.2 Å². The first kappa shape index (κ1) is 13.0. The van der Waals surface area contributed by atoms with E-state index in [1.165, 1.54) is 12.4 Å². The molecule has 3 N–H and O–H groups in total. The van der Waals surface area contributed by atoms with E-state index in [2.05, 4.69) is 47.1 Å². The van der Waals surface area contributed by atoms with E-state index in [-0.39, 0.29) is 17.4 Å². The molecule has 0 fully saturated rings. The average Bonchev–Trinajstić information content (AvgIpc) is 2.34. The summed E-state index contributed by atoms with van der Waals surface area (Å²) in [5.74, 6) is -0.0799. The van der Waals surface area contributed by atoms with Gasteiger partial charge in [0.15, 0.2) is 0 Å². The number of aromatic nitrogens is 2. The Morgan fingerprint density at radius 3 is 2.39 bits per heavy atom. The van der Waals surface area contributed by atoms with E-state index in [1.807, 2.05) is 18.2 Å². The molecule has 2 rings (SSSR count). The van der Waals surface area contributed by atoms with Crippen molar-refractivity contribution >= 4 is 49.3 Å². The fourth-order valence-corrected chi connectivity index (χ4v) is 2.45. The predicted octanol–water partition coefficient (Wildman–Crippen LogP) is 2.84. The highest BCUT2D eigenvalue weighted by Gasteiger charge is 2.12. The van der Waals surface area contributed by atoms with Crippen LogP contribution in [0.3, 0.4) is 0 Å². The SMILES string of the molecule is Nc1cnc(C(=O)Nc2c(Br)cccc2Br)cn1. The number of rotatable bonds is 2. The van der Waals surface area contributed by atoms with Crippen molar-refractivity contribution in [2.75, 3.05) is 11.1 Å². The molecule has 7 heteroatoms. The first-order valence-corrected chi connectivity index (χ1v) is 6.49. The molecule has 0 aliphatic rings. The van der Waals surface area contributed by atoms with Crippen molar-refractivity contribution in [1.82, 2.24) is 9.97 Å². The Morgan fingerprint density at radius 2 is 1.83 bits per heavy atom. The van der Waals surface area contributed by atoms with Crippen LogP contribution in [0, 0.1) is 0 Å². The van der Waals surface area contributed by atoms with Gasteiger partial charge in [0.05, 0.1) is 18.1 Å². The number of carbonyl (C=O) groups excluding carboxylic acids is 1. The second-order valence-corrected chi connectivity index (χ2v) is 5.09. The molecule has 0 spiro atoms. The standard InChI is InChI=1S/C11H8Br2N4O/c12-6-2-1-3-7(13)10(6)17-11(18)8-4-16-9(14)5-15-8/h1-5H,(H2,14,16)(H,17,18). The van der Waals surface area contributed by atoms with Crippen LogP contribution < -0.4 is 11.1 Å². The number of para-hydroxylation sites is 1. The van der Waals surface area contributed by atoms with Gasteiger partial charge in [-0.25, -0.2) is 9.97 Å². The van der Waals surface area contributed by atoms with Crippen LogP contribution in [0.4, 0.5) is 11.5 Å². The molecule has 0 aliphatic carbocycles. The minimum absolute atomic E-state index is 0.201. The number of benzene rings is 1. The van der Waals surface area contributed by atoms with Crippen molar-refractivity contribution in [3.8, 4) is 0 Å². The quantitative estimate of drug-likeness (QED) is 0.850. The van der Waals surface area contributed by atoms with E-state index < -0.39 is 0 Å². The molecule has 2 aromatic rings. The van der Waals surface area contributed by atoms with Gasteiger partial charge < -0.3 is 11.1 Å². The smallest absolute Gasteiger partial charge is 0.275 e. The van der Waals surface area contributed by atoms with Crippen LogP contribution in [0.2, 0.25) is 0 Å². The molecule has 1 aromatic heterocycles. The maximum atomic E-state index is 11.9. The number of hydrogen-bond donors (Lipinski definition) is 2. The summed E-state index contributed by atoms with van der Waals surface area (Å²) in [5.41, 5.74) is 6.25. The van der Waals surface area contributed by atoms with E-state index in [1.54, 1.807) is 0 Å². The van der Waals surface area contributed by atoms with E-state index in [4.69, 9.17) is 5.73 Å². The zero-order valence-electron chi connectivity index (χ0n) is 9.02. The van der Waals surface area contributed by atoms with Gasteiger partial charge in [-0.3, -0.25) is 4.79 Å². The number of nitrogens with zero attached hydrogens (tertiary/aromatic N) is 2. The maximum Gasteiger partial charge on any atom is 0.275 e. The van der Waals surface area contributed by atoms with Crippen molar-refractivity contribution in [2.24, 2.45) is 0 Å². The molecule has 5 nitrogen and oxygen atoms in total. The Labute approximate surface area is 120 Å². The number of anilines is 2. The Morgan fingerprint density at radius 1 is 1.17 bits per heavy atom. The number of nitrogens with two attached hydrogens (primary N) is 1. The summed E-state index contributed by atoms with van der Waals surface area (Å²) in [5, 5.41) is 2.74. The molecular formula is C11H8Br2N4O. The van der Waals surface area contributed by atoms with E-state index >= 15 is 0 Å². The summed E-state index contributed by atoms with van der Waals surface area (Å²) in [7, 11) is 0. The first-order valence-electron chi connectivity index (χ1n) is 4.91. The lowest BCUT2D eigenvalue weighted by Gasteiger charge is -2.08. The number of carbonyl (C=O) groups is 1. The number of nitrogen functional groups attached to an aromatic ring is 1. The lowest BCUT2D eigenvalue weighted by molar-refractivity contribution is 0.102. The number of nitrogens with one attached hydrogen (secondary N) is 1. The predicted molar refractivity (Wildman–Crippen MR) is 76.2 cm³/mol. The summed E-state index contributed by atoms with van der Waals surface area (Å²) in [6, 6.07) is 5.51.